The lowest BCUT2D eigenvalue weighted by Crippen LogP contribution is -2.32. The summed E-state index contributed by atoms with van der Waals surface area (Å²) < 4.78 is 3.48. The van der Waals surface area contributed by atoms with Crippen LogP contribution in [0, 0.1) is 11.3 Å². The molecule has 3 N–H and O–H groups in total. The first-order chi connectivity index (χ1) is 22.8. The Bertz CT molecular complexity index is 2020. The number of benzene rings is 2. The molecule has 1 aliphatic heterocycles. The number of amides is 1. The number of fused-ring (bicyclic) bond motifs is 2. The Balaban J connectivity index is 1.37. The van der Waals surface area contributed by atoms with Crippen molar-refractivity contribution in [3.8, 4) is 22.4 Å². The second-order valence-electron chi connectivity index (χ2n) is 11.6. The second kappa shape index (κ2) is 14.0. The zero-order chi connectivity index (χ0) is 32.9. The van der Waals surface area contributed by atoms with Gasteiger partial charge < -0.3 is 16.0 Å². The predicted molar refractivity (Wildman–Crippen MR) is 184 cm³/mol. The van der Waals surface area contributed by atoms with Crippen molar-refractivity contribution >= 4 is 29.4 Å². The third kappa shape index (κ3) is 6.92. The van der Waals surface area contributed by atoms with Crippen molar-refractivity contribution in [1.82, 2.24) is 34.9 Å². The lowest BCUT2D eigenvalue weighted by atomic mass is 9.96. The number of hydrogen-bond acceptors (Lipinski definition) is 7. The van der Waals surface area contributed by atoms with Gasteiger partial charge in [0.2, 0.25) is 5.91 Å². The lowest BCUT2D eigenvalue weighted by molar-refractivity contribution is -0.123. The number of carbonyl (C=O) groups is 1. The van der Waals surface area contributed by atoms with Crippen LogP contribution in [-0.4, -0.2) is 43.5 Å². The van der Waals surface area contributed by atoms with Crippen LogP contribution in [-0.2, 0) is 11.3 Å². The number of halogens is 1. The number of hydrogen-bond donors (Lipinski definition) is 3. The Morgan fingerprint density at radius 3 is 2.62 bits per heavy atom. The zero-order valence-electron chi connectivity index (χ0n) is 26.2. The van der Waals surface area contributed by atoms with E-state index in [2.05, 4.69) is 32.8 Å². The van der Waals surface area contributed by atoms with E-state index in [9.17, 15) is 9.59 Å². The Labute approximate surface area is 277 Å². The van der Waals surface area contributed by atoms with Crippen molar-refractivity contribution in [3.63, 3.8) is 0 Å². The van der Waals surface area contributed by atoms with Crippen LogP contribution in [0.25, 0.3) is 28.1 Å². The van der Waals surface area contributed by atoms with E-state index in [0.717, 1.165) is 34.0 Å². The fourth-order valence-corrected chi connectivity index (χ4v) is 6.13. The minimum absolute atomic E-state index is 0.159. The van der Waals surface area contributed by atoms with Crippen LogP contribution >= 0.6 is 11.6 Å². The van der Waals surface area contributed by atoms with Crippen LogP contribution in [0.4, 0.5) is 0 Å². The molecule has 47 heavy (non-hydrogen) atoms. The van der Waals surface area contributed by atoms with E-state index < -0.39 is 6.04 Å². The summed E-state index contributed by atoms with van der Waals surface area (Å²) in [7, 11) is 1.74. The van der Waals surface area contributed by atoms with Gasteiger partial charge in [-0.15, -0.1) is 0 Å². The molecule has 6 rings (SSSR count). The smallest absolute Gasteiger partial charge is 0.254 e. The highest BCUT2D eigenvalue weighted by Gasteiger charge is 2.23. The van der Waals surface area contributed by atoms with Crippen LogP contribution in [0.2, 0.25) is 5.02 Å². The van der Waals surface area contributed by atoms with Gasteiger partial charge in [-0.1, -0.05) is 61.3 Å². The molecule has 5 aromatic rings. The van der Waals surface area contributed by atoms with E-state index in [1.165, 1.54) is 6.07 Å². The molecule has 1 aliphatic rings. The number of rotatable bonds is 7. The van der Waals surface area contributed by atoms with Gasteiger partial charge in [0.25, 0.3) is 5.56 Å². The summed E-state index contributed by atoms with van der Waals surface area (Å²) in [5.41, 5.74) is 6.25. The SMILES string of the molecule is CN/C1=C(\C=N)NC(=O)C(C)CCCC(n2cnc(-c3cc(Cl)ccc3-c3cnn(Cc4ccccc4)c3)cc2=O)c2cc1ccn2. The van der Waals surface area contributed by atoms with Gasteiger partial charge in [0.05, 0.1) is 47.9 Å². The van der Waals surface area contributed by atoms with E-state index in [0.29, 0.717) is 53.6 Å². The molecule has 0 radical (unpaired) electrons. The fraction of sp³-hybridized carbons (Fsp3) is 0.222. The first-order valence-corrected chi connectivity index (χ1v) is 15.9. The second-order valence-corrected chi connectivity index (χ2v) is 12.0. The first-order valence-electron chi connectivity index (χ1n) is 15.5. The van der Waals surface area contributed by atoms with Gasteiger partial charge >= 0.3 is 0 Å². The highest BCUT2D eigenvalue weighted by atomic mass is 35.5. The number of nitrogens with one attached hydrogen (secondary N) is 3. The molecule has 4 heterocycles. The molecule has 2 aromatic carbocycles. The maximum Gasteiger partial charge on any atom is 0.254 e. The summed E-state index contributed by atoms with van der Waals surface area (Å²) in [6, 6.07) is 20.5. The summed E-state index contributed by atoms with van der Waals surface area (Å²) in [6.45, 7) is 2.50. The summed E-state index contributed by atoms with van der Waals surface area (Å²) >= 11 is 6.46. The third-order valence-electron chi connectivity index (χ3n) is 8.46. The standard InChI is InChI=1S/C36H35ClN8O2/c1-23-7-6-10-33(31-15-25(13-14-40-31)35(39-2)32(18-38)43-36(23)47)45-22-41-30(17-34(45)46)29-16-27(37)11-12-28(29)26-19-42-44(21-26)20-24-8-4-3-5-9-24/h3-5,8-9,11-19,21-23,33,38-39H,6-7,10,20H2,1-2H3,(H,43,47)/b35-32+,38-18?. The third-order valence-corrected chi connectivity index (χ3v) is 8.69. The largest absolute Gasteiger partial charge is 0.386 e. The Morgan fingerprint density at radius 1 is 1.02 bits per heavy atom. The lowest BCUT2D eigenvalue weighted by Gasteiger charge is -2.23. The zero-order valence-corrected chi connectivity index (χ0v) is 26.9. The number of nitrogens with zero attached hydrogens (tertiary/aromatic N) is 5. The molecule has 11 heteroatoms. The van der Waals surface area contributed by atoms with Gasteiger partial charge in [-0.3, -0.25) is 23.8 Å². The normalized spacial score (nSPS) is 18.5. The van der Waals surface area contributed by atoms with Crippen molar-refractivity contribution < 1.29 is 4.79 Å². The Hall–Kier alpha value is -5.35. The van der Waals surface area contributed by atoms with Crippen molar-refractivity contribution in [2.45, 2.75) is 38.8 Å². The van der Waals surface area contributed by atoms with Crippen molar-refractivity contribution in [1.29, 1.82) is 5.41 Å². The van der Waals surface area contributed by atoms with Gasteiger partial charge in [0.1, 0.15) is 0 Å². The van der Waals surface area contributed by atoms with Crippen LogP contribution in [0.15, 0.2) is 102 Å². The van der Waals surface area contributed by atoms with E-state index in [1.807, 2.05) is 66.3 Å². The highest BCUT2D eigenvalue weighted by molar-refractivity contribution is 6.31. The van der Waals surface area contributed by atoms with E-state index in [4.69, 9.17) is 22.0 Å². The molecule has 0 aliphatic carbocycles. The van der Waals surface area contributed by atoms with Gasteiger partial charge in [0, 0.05) is 59.4 Å². The number of allylic oxidation sites excluding steroid dienone is 1. The van der Waals surface area contributed by atoms with Gasteiger partial charge in [-0.2, -0.15) is 5.10 Å². The summed E-state index contributed by atoms with van der Waals surface area (Å²) in [5.74, 6) is -0.446. The molecule has 1 amide bonds. The molecule has 0 spiro atoms. The van der Waals surface area contributed by atoms with Crippen molar-refractivity contribution in [2.24, 2.45) is 5.92 Å². The predicted octanol–water partition coefficient (Wildman–Crippen LogP) is 5.93. The molecule has 238 valence electrons. The van der Waals surface area contributed by atoms with Crippen molar-refractivity contribution in [3.05, 3.63) is 130 Å². The molecule has 2 atom stereocenters. The Kier molecular flexibility index (Phi) is 9.40. The average molecular weight is 647 g/mol. The molecule has 0 fully saturated rings. The Morgan fingerprint density at radius 2 is 1.85 bits per heavy atom. The molecule has 0 saturated carbocycles. The molecular formula is C36H35ClN8O2. The number of aromatic nitrogens is 5. The minimum Gasteiger partial charge on any atom is -0.386 e. The molecule has 10 nitrogen and oxygen atoms in total. The monoisotopic (exact) mass is 646 g/mol. The number of carbonyl (C=O) groups excluding carboxylic acids is 1. The van der Waals surface area contributed by atoms with Crippen LogP contribution in [0.3, 0.4) is 0 Å². The fourth-order valence-electron chi connectivity index (χ4n) is 5.96. The molecule has 0 saturated heterocycles. The molecule has 3 aromatic heterocycles. The molecular weight excluding hydrogens is 612 g/mol. The topological polar surface area (TPSA) is 131 Å². The summed E-state index contributed by atoms with van der Waals surface area (Å²) in [4.78, 5) is 36.3. The quantitative estimate of drug-likeness (QED) is 0.188. The summed E-state index contributed by atoms with van der Waals surface area (Å²) in [5, 5.41) is 19.1. The number of pyridine rings is 1. The maximum absolute atomic E-state index is 13.9. The van der Waals surface area contributed by atoms with Crippen molar-refractivity contribution in [2.75, 3.05) is 7.05 Å². The van der Waals surface area contributed by atoms with Crippen LogP contribution in [0.5, 0.6) is 0 Å². The van der Waals surface area contributed by atoms with Crippen LogP contribution < -0.4 is 16.2 Å². The minimum atomic E-state index is -0.421. The van der Waals surface area contributed by atoms with E-state index >= 15 is 0 Å². The summed E-state index contributed by atoms with van der Waals surface area (Å²) in [6.07, 6.45) is 10.0. The van der Waals surface area contributed by atoms with E-state index in [-0.39, 0.29) is 17.4 Å². The van der Waals surface area contributed by atoms with Gasteiger partial charge in [-0.25, -0.2) is 4.98 Å². The van der Waals surface area contributed by atoms with E-state index in [1.54, 1.807) is 30.3 Å². The highest BCUT2D eigenvalue weighted by Crippen LogP contribution is 2.33. The molecule has 2 bridgehead atoms. The molecule has 2 unspecified atom stereocenters. The average Bonchev–Trinajstić information content (AvgIpc) is 3.54. The van der Waals surface area contributed by atoms with Crippen LogP contribution in [0.1, 0.15) is 49.0 Å². The van der Waals surface area contributed by atoms with Gasteiger partial charge in [0.15, 0.2) is 0 Å². The maximum atomic E-state index is 13.9. The van der Waals surface area contributed by atoms with Gasteiger partial charge in [-0.05, 0) is 48.2 Å². The first kappa shape index (κ1) is 31.6.